The number of azo groups is 1. The Bertz CT molecular complexity index is 1220. The monoisotopic (exact) mass is 371 g/mol. The molecule has 0 N–H and O–H groups in total. The van der Waals surface area contributed by atoms with E-state index in [1.54, 1.807) is 15.6 Å². The summed E-state index contributed by atoms with van der Waals surface area (Å²) in [5.41, 5.74) is 3.29. The van der Waals surface area contributed by atoms with Crippen LogP contribution in [0.25, 0.3) is 16.6 Å². The minimum Gasteiger partial charge on any atom is -0.288 e. The molecule has 0 aliphatic heterocycles. The molecule has 2 heterocycles. The number of aromatic nitrogens is 3. The molecular weight excluding hydrogens is 350 g/mol. The average molecular weight is 371 g/mol. The van der Waals surface area contributed by atoms with E-state index in [0.29, 0.717) is 11.4 Å². The zero-order valence-corrected chi connectivity index (χ0v) is 16.1. The molecular formula is C22H21N5O. The number of aryl methyl sites for hydroxylation is 2. The quantitative estimate of drug-likeness (QED) is 0.480. The molecule has 4 rings (SSSR count). The van der Waals surface area contributed by atoms with Crippen molar-refractivity contribution < 1.29 is 0 Å². The standard InChI is InChI=1S/C22H21N5O/c1-15-13-21(23-20-12-8-7-11-18(15)20)25-24-16(2)19-14-26(3)27(22(19)28)17-9-5-4-6-10-17/h4-14,16H,1-3H3. The number of para-hydroxylation sites is 2. The molecule has 0 spiro atoms. The number of hydrogen-bond acceptors (Lipinski definition) is 4. The lowest BCUT2D eigenvalue weighted by atomic mass is 10.1. The number of nitrogens with zero attached hydrogens (tertiary/aromatic N) is 5. The van der Waals surface area contributed by atoms with E-state index in [2.05, 4.69) is 15.2 Å². The minimum absolute atomic E-state index is 0.0946. The summed E-state index contributed by atoms with van der Waals surface area (Å²) in [7, 11) is 1.84. The molecule has 140 valence electrons. The minimum atomic E-state index is -0.378. The molecule has 1 unspecified atom stereocenters. The number of hydrogen-bond donors (Lipinski definition) is 0. The van der Waals surface area contributed by atoms with Gasteiger partial charge in [-0.25, -0.2) is 9.67 Å². The third kappa shape index (κ3) is 3.24. The highest BCUT2D eigenvalue weighted by molar-refractivity contribution is 5.83. The van der Waals surface area contributed by atoms with Crippen LogP contribution < -0.4 is 5.56 Å². The van der Waals surface area contributed by atoms with Crippen LogP contribution in [0.2, 0.25) is 0 Å². The van der Waals surface area contributed by atoms with Gasteiger partial charge in [0.1, 0.15) is 6.04 Å². The van der Waals surface area contributed by atoms with Crippen molar-refractivity contribution in [2.24, 2.45) is 17.3 Å². The SMILES string of the molecule is Cc1cc(N=NC(C)c2cn(C)n(-c3ccccc3)c2=O)nc2ccccc12. The van der Waals surface area contributed by atoms with E-state index in [9.17, 15) is 4.79 Å². The summed E-state index contributed by atoms with van der Waals surface area (Å²) < 4.78 is 3.40. The first kappa shape index (κ1) is 17.9. The van der Waals surface area contributed by atoms with Crippen LogP contribution in [0, 0.1) is 6.92 Å². The molecule has 0 aliphatic carbocycles. The Morgan fingerprint density at radius 2 is 1.75 bits per heavy atom. The fourth-order valence-corrected chi connectivity index (χ4v) is 3.33. The first-order valence-electron chi connectivity index (χ1n) is 9.16. The zero-order chi connectivity index (χ0) is 19.7. The van der Waals surface area contributed by atoms with Crippen molar-refractivity contribution in [2.75, 3.05) is 0 Å². The van der Waals surface area contributed by atoms with Gasteiger partial charge in [-0.1, -0.05) is 36.4 Å². The van der Waals surface area contributed by atoms with Gasteiger partial charge < -0.3 is 0 Å². The molecule has 1 atom stereocenters. The summed E-state index contributed by atoms with van der Waals surface area (Å²) >= 11 is 0. The van der Waals surface area contributed by atoms with Gasteiger partial charge in [-0.15, -0.1) is 5.11 Å². The highest BCUT2D eigenvalue weighted by Gasteiger charge is 2.16. The van der Waals surface area contributed by atoms with Gasteiger partial charge in [-0.05, 0) is 43.7 Å². The molecule has 6 heteroatoms. The van der Waals surface area contributed by atoms with Crippen molar-refractivity contribution >= 4 is 16.7 Å². The maximum atomic E-state index is 12.9. The largest absolute Gasteiger partial charge is 0.288 e. The van der Waals surface area contributed by atoms with Crippen LogP contribution in [0.5, 0.6) is 0 Å². The van der Waals surface area contributed by atoms with Crippen molar-refractivity contribution in [2.45, 2.75) is 19.9 Å². The molecule has 0 aliphatic rings. The third-order valence-electron chi connectivity index (χ3n) is 4.77. The summed E-state index contributed by atoms with van der Waals surface area (Å²) in [6.07, 6.45) is 1.80. The second-order valence-corrected chi connectivity index (χ2v) is 6.82. The Labute approximate surface area is 162 Å². The maximum absolute atomic E-state index is 12.9. The van der Waals surface area contributed by atoms with Crippen LogP contribution in [0.3, 0.4) is 0 Å². The van der Waals surface area contributed by atoms with Gasteiger partial charge in [0, 0.05) is 18.6 Å². The van der Waals surface area contributed by atoms with E-state index < -0.39 is 0 Å². The highest BCUT2D eigenvalue weighted by Crippen LogP contribution is 2.23. The van der Waals surface area contributed by atoms with E-state index in [-0.39, 0.29) is 11.6 Å². The summed E-state index contributed by atoms with van der Waals surface area (Å²) in [5, 5.41) is 9.76. The molecule has 0 amide bonds. The van der Waals surface area contributed by atoms with Crippen molar-refractivity contribution in [3.63, 3.8) is 0 Å². The lowest BCUT2D eigenvalue weighted by Gasteiger charge is -2.05. The van der Waals surface area contributed by atoms with E-state index in [1.165, 1.54) is 0 Å². The van der Waals surface area contributed by atoms with Crippen LogP contribution in [0.15, 0.2) is 81.9 Å². The molecule has 0 bridgehead atoms. The molecule has 0 saturated carbocycles. The van der Waals surface area contributed by atoms with Crippen LogP contribution in [-0.4, -0.2) is 14.3 Å². The number of pyridine rings is 1. The van der Waals surface area contributed by atoms with E-state index in [4.69, 9.17) is 0 Å². The Hall–Kier alpha value is -3.54. The fraction of sp³-hybridized carbons (Fsp3) is 0.182. The highest BCUT2D eigenvalue weighted by atomic mass is 16.1. The second-order valence-electron chi connectivity index (χ2n) is 6.82. The average Bonchev–Trinajstić information content (AvgIpc) is 3.01. The molecule has 2 aromatic heterocycles. The lowest BCUT2D eigenvalue weighted by Crippen LogP contribution is -2.21. The Morgan fingerprint density at radius 1 is 1.04 bits per heavy atom. The van der Waals surface area contributed by atoms with Gasteiger partial charge in [0.15, 0.2) is 5.82 Å². The first-order chi connectivity index (χ1) is 13.5. The van der Waals surface area contributed by atoms with Crippen LogP contribution in [0.4, 0.5) is 5.82 Å². The predicted octanol–water partition coefficient (Wildman–Crippen LogP) is 4.88. The first-order valence-corrected chi connectivity index (χ1v) is 9.16. The molecule has 4 aromatic rings. The van der Waals surface area contributed by atoms with Crippen LogP contribution in [-0.2, 0) is 7.05 Å². The topological polar surface area (TPSA) is 64.5 Å². The van der Waals surface area contributed by atoms with Gasteiger partial charge in [0.25, 0.3) is 5.56 Å². The van der Waals surface area contributed by atoms with Gasteiger partial charge >= 0.3 is 0 Å². The van der Waals surface area contributed by atoms with Gasteiger partial charge in [0.05, 0.1) is 16.8 Å². The second kappa shape index (κ2) is 7.23. The third-order valence-corrected chi connectivity index (χ3v) is 4.77. The summed E-state index contributed by atoms with van der Waals surface area (Å²) in [6.45, 7) is 3.89. The van der Waals surface area contributed by atoms with Crippen molar-refractivity contribution in [1.29, 1.82) is 0 Å². The summed E-state index contributed by atoms with van der Waals surface area (Å²) in [4.78, 5) is 17.4. The van der Waals surface area contributed by atoms with Gasteiger partial charge in [-0.3, -0.25) is 9.48 Å². The zero-order valence-electron chi connectivity index (χ0n) is 16.1. The number of rotatable bonds is 4. The molecule has 2 aromatic carbocycles. The van der Waals surface area contributed by atoms with Crippen LogP contribution in [0.1, 0.15) is 24.1 Å². The van der Waals surface area contributed by atoms with Crippen molar-refractivity contribution in [1.82, 2.24) is 14.3 Å². The Kier molecular flexibility index (Phi) is 4.61. The van der Waals surface area contributed by atoms with Crippen LogP contribution >= 0.6 is 0 Å². The fourth-order valence-electron chi connectivity index (χ4n) is 3.33. The van der Waals surface area contributed by atoms with Crippen molar-refractivity contribution in [3.05, 3.63) is 88.3 Å². The van der Waals surface area contributed by atoms with E-state index in [0.717, 1.165) is 22.2 Å². The molecule has 6 nitrogen and oxygen atoms in total. The lowest BCUT2D eigenvalue weighted by molar-refractivity contribution is 0.646. The van der Waals surface area contributed by atoms with E-state index in [1.807, 2.05) is 81.6 Å². The number of fused-ring (bicyclic) bond motifs is 1. The van der Waals surface area contributed by atoms with Gasteiger partial charge in [0.2, 0.25) is 0 Å². The summed E-state index contributed by atoms with van der Waals surface area (Å²) in [5.74, 6) is 0.544. The van der Waals surface area contributed by atoms with Crippen molar-refractivity contribution in [3.8, 4) is 5.69 Å². The summed E-state index contributed by atoms with van der Waals surface area (Å²) in [6, 6.07) is 19.0. The maximum Gasteiger partial charge on any atom is 0.276 e. The smallest absolute Gasteiger partial charge is 0.276 e. The molecule has 0 saturated heterocycles. The Morgan fingerprint density at radius 3 is 2.54 bits per heavy atom. The number of benzene rings is 2. The van der Waals surface area contributed by atoms with Gasteiger partial charge in [-0.2, -0.15) is 5.11 Å². The molecule has 0 radical (unpaired) electrons. The Balaban J connectivity index is 1.66. The molecule has 0 fully saturated rings. The molecule has 28 heavy (non-hydrogen) atoms. The normalized spacial score (nSPS) is 12.7. The van der Waals surface area contributed by atoms with E-state index >= 15 is 0 Å². The predicted molar refractivity (Wildman–Crippen MR) is 110 cm³/mol.